The molecule has 4 aliphatic rings. The molecule has 0 spiro atoms. The van der Waals surface area contributed by atoms with Crippen molar-refractivity contribution in [3.63, 3.8) is 0 Å². The number of aliphatic hydroxyl groups excluding tert-OH is 13. The predicted octanol–water partition coefficient (Wildman–Crippen LogP) is -10.3. The number of aliphatic carboxylic acids is 1. The second kappa shape index (κ2) is 19.8. The first-order valence-corrected chi connectivity index (χ1v) is 17.7. The third-order valence-corrected chi connectivity index (χ3v) is 10.0. The van der Waals surface area contributed by atoms with E-state index in [4.69, 9.17) is 33.2 Å². The molecule has 9 unspecified atom stereocenters. The highest BCUT2D eigenvalue weighted by molar-refractivity contribution is 5.77. The van der Waals surface area contributed by atoms with E-state index in [1.165, 1.54) is 0 Å². The number of carboxylic acids is 1. The van der Waals surface area contributed by atoms with Crippen LogP contribution in [0.5, 0.6) is 0 Å². The summed E-state index contributed by atoms with van der Waals surface area (Å²) in [6, 6.07) is -3.39. The highest BCUT2D eigenvalue weighted by atomic mass is 16.8. The van der Waals surface area contributed by atoms with Gasteiger partial charge in [-0.2, -0.15) is 0 Å². The Bertz CT molecular complexity index is 1350. The van der Waals surface area contributed by atoms with Gasteiger partial charge in [0.15, 0.2) is 18.9 Å². The maximum atomic E-state index is 13.3. The van der Waals surface area contributed by atoms with Crippen LogP contribution in [-0.4, -0.2) is 244 Å². The summed E-state index contributed by atoms with van der Waals surface area (Å²) in [5, 5.41) is 151. The molecule has 4 fully saturated rings. The van der Waals surface area contributed by atoms with Crippen LogP contribution in [-0.2, 0) is 47.5 Å². The fraction of sp³-hybridized carbons (Fsp3) is 0.903. The van der Waals surface area contributed by atoms with Crippen LogP contribution in [0.2, 0.25) is 0 Å². The zero-order valence-corrected chi connectivity index (χ0v) is 30.4. The fourth-order valence-corrected chi connectivity index (χ4v) is 7.03. The van der Waals surface area contributed by atoms with Gasteiger partial charge in [0.05, 0.1) is 38.6 Å². The van der Waals surface area contributed by atoms with Gasteiger partial charge in [0.1, 0.15) is 91.5 Å². The SMILES string of the molecule is CC(=O)NC1C(O)[C@@H](O)C(CO)O[C@H]1O[C@@H]1C[C@](OC2C(O)[C@H](O[C@@H]3C(CO)O[C@@H](O)[C@@H](O)C3O)OC(CO)[C@@H]2O)(C(=O)O)OC([C@H](O)[C@H](O)CO)[C@@H]1NC(C)=O. The normalized spacial score (nSPS) is 45.1. The second-order valence-electron chi connectivity index (χ2n) is 14.0. The van der Waals surface area contributed by atoms with Crippen molar-refractivity contribution in [2.75, 3.05) is 26.4 Å². The molecule has 0 aliphatic carbocycles. The molecule has 4 heterocycles. The summed E-state index contributed by atoms with van der Waals surface area (Å²) < 4.78 is 39.2. The Hall–Kier alpha value is -2.39. The van der Waals surface area contributed by atoms with Crippen molar-refractivity contribution in [3.05, 3.63) is 0 Å². The number of carbonyl (C=O) groups excluding carboxylic acids is 2. The molecule has 0 aromatic rings. The Labute approximate surface area is 322 Å². The molecular formula is C31H52N2O24. The van der Waals surface area contributed by atoms with Gasteiger partial charge < -0.3 is 115 Å². The van der Waals surface area contributed by atoms with E-state index in [2.05, 4.69) is 10.6 Å². The van der Waals surface area contributed by atoms with Crippen molar-refractivity contribution in [2.24, 2.45) is 0 Å². The largest absolute Gasteiger partial charge is 0.477 e. The van der Waals surface area contributed by atoms with Gasteiger partial charge in [-0.25, -0.2) is 4.79 Å². The quantitative estimate of drug-likeness (QED) is 0.0728. The summed E-state index contributed by atoms with van der Waals surface area (Å²) in [5.74, 6) is -6.99. The summed E-state index contributed by atoms with van der Waals surface area (Å²) in [7, 11) is 0. The van der Waals surface area contributed by atoms with Crippen LogP contribution in [0.15, 0.2) is 0 Å². The highest BCUT2D eigenvalue weighted by Gasteiger charge is 2.61. The number of hydrogen-bond donors (Lipinski definition) is 16. The van der Waals surface area contributed by atoms with Crippen LogP contribution < -0.4 is 10.6 Å². The first-order valence-electron chi connectivity index (χ1n) is 17.7. The van der Waals surface area contributed by atoms with E-state index in [0.717, 1.165) is 13.8 Å². The molecule has 21 atom stereocenters. The van der Waals surface area contributed by atoms with E-state index in [1.54, 1.807) is 0 Å². The Balaban J connectivity index is 1.78. The van der Waals surface area contributed by atoms with Crippen molar-refractivity contribution in [3.8, 4) is 0 Å². The number of rotatable bonds is 15. The first kappa shape index (κ1) is 47.3. The number of carboxylic acid groups (broad SMARTS) is 1. The van der Waals surface area contributed by atoms with Gasteiger partial charge in [-0.05, 0) is 0 Å². The Morgan fingerprint density at radius 2 is 1.25 bits per heavy atom. The third kappa shape index (κ3) is 10.2. The molecule has 0 radical (unpaired) electrons. The van der Waals surface area contributed by atoms with Crippen molar-refractivity contribution in [1.82, 2.24) is 10.6 Å². The molecule has 2 amide bonds. The van der Waals surface area contributed by atoms with Crippen LogP contribution in [0.1, 0.15) is 20.3 Å². The topological polar surface area (TPSA) is 423 Å². The number of aliphatic hydroxyl groups is 13. The minimum Gasteiger partial charge on any atom is -0.477 e. The van der Waals surface area contributed by atoms with Gasteiger partial charge in [0, 0.05) is 20.3 Å². The average Bonchev–Trinajstić information content (AvgIpc) is 3.16. The van der Waals surface area contributed by atoms with Gasteiger partial charge in [0.25, 0.3) is 5.79 Å². The van der Waals surface area contributed by atoms with Crippen LogP contribution in [0.4, 0.5) is 0 Å². The van der Waals surface area contributed by atoms with Gasteiger partial charge in [-0.3, -0.25) is 9.59 Å². The van der Waals surface area contributed by atoms with E-state index < -0.39 is 179 Å². The lowest BCUT2D eigenvalue weighted by Crippen LogP contribution is -2.72. The molecule has 0 bridgehead atoms. The zero-order valence-electron chi connectivity index (χ0n) is 30.4. The van der Waals surface area contributed by atoms with E-state index in [0.29, 0.717) is 0 Å². The highest BCUT2D eigenvalue weighted by Crippen LogP contribution is 2.40. The van der Waals surface area contributed by atoms with Crippen LogP contribution in [0, 0.1) is 0 Å². The summed E-state index contributed by atoms with van der Waals surface area (Å²) >= 11 is 0. The summed E-state index contributed by atoms with van der Waals surface area (Å²) in [6.45, 7) is -2.07. The van der Waals surface area contributed by atoms with Crippen LogP contribution in [0.25, 0.3) is 0 Å². The van der Waals surface area contributed by atoms with Gasteiger partial charge in [0.2, 0.25) is 11.8 Å². The van der Waals surface area contributed by atoms with E-state index in [1.807, 2.05) is 0 Å². The maximum absolute atomic E-state index is 13.3. The van der Waals surface area contributed by atoms with Gasteiger partial charge >= 0.3 is 5.97 Å². The molecular weight excluding hydrogens is 784 g/mol. The Kier molecular flexibility index (Phi) is 16.4. The smallest absolute Gasteiger partial charge is 0.364 e. The van der Waals surface area contributed by atoms with E-state index >= 15 is 0 Å². The average molecular weight is 837 g/mol. The number of amides is 2. The number of carbonyl (C=O) groups is 3. The lowest BCUT2D eigenvalue weighted by atomic mass is 9.87. The number of nitrogens with one attached hydrogen (secondary N) is 2. The fourth-order valence-electron chi connectivity index (χ4n) is 7.03. The summed E-state index contributed by atoms with van der Waals surface area (Å²) in [6.07, 6.45) is -36.8. The van der Waals surface area contributed by atoms with E-state index in [-0.39, 0.29) is 0 Å². The van der Waals surface area contributed by atoms with Crippen molar-refractivity contribution < 1.29 is 119 Å². The van der Waals surface area contributed by atoms with Crippen LogP contribution in [0.3, 0.4) is 0 Å². The number of hydrogen-bond acceptors (Lipinski definition) is 23. The molecule has 330 valence electrons. The molecule has 4 rings (SSSR count). The summed E-state index contributed by atoms with van der Waals surface area (Å²) in [5.41, 5.74) is 0. The molecule has 0 aromatic carbocycles. The van der Waals surface area contributed by atoms with Crippen molar-refractivity contribution in [2.45, 2.75) is 149 Å². The molecule has 4 aliphatic heterocycles. The minimum atomic E-state index is -3.25. The molecule has 0 aromatic heterocycles. The Morgan fingerprint density at radius 1 is 0.684 bits per heavy atom. The van der Waals surface area contributed by atoms with Crippen molar-refractivity contribution >= 4 is 17.8 Å². The molecule has 16 N–H and O–H groups in total. The molecule has 4 saturated heterocycles. The maximum Gasteiger partial charge on any atom is 0.364 e. The molecule has 57 heavy (non-hydrogen) atoms. The minimum absolute atomic E-state index is 0.792. The van der Waals surface area contributed by atoms with Crippen molar-refractivity contribution in [1.29, 1.82) is 0 Å². The first-order chi connectivity index (χ1) is 26.7. The van der Waals surface area contributed by atoms with E-state index in [9.17, 15) is 85.9 Å². The lowest BCUT2D eigenvalue weighted by molar-refractivity contribution is -0.389. The molecule has 0 saturated carbocycles. The summed E-state index contributed by atoms with van der Waals surface area (Å²) in [4.78, 5) is 37.9. The molecule has 26 nitrogen and oxygen atoms in total. The third-order valence-electron chi connectivity index (χ3n) is 10.0. The predicted molar refractivity (Wildman–Crippen MR) is 174 cm³/mol. The monoisotopic (exact) mass is 836 g/mol. The Morgan fingerprint density at radius 3 is 1.79 bits per heavy atom. The standard InChI is InChI=1S/C31H52N2O24/c1-8(38)32-15-11(52-28-16(33-9(2)39)20(44)18(42)12(5-35)53-28)3-31(30(49)50,56-25(15)17(41)10(40)4-34)57-26-19(43)13(6-36)54-29(23(26)47)55-24-14(7-37)51-27(48)22(46)21(24)45/h10-29,34-37,40-48H,3-7H2,1-2H3,(H,32,38)(H,33,39)(H,49,50)/t10-,11-,12?,13?,14?,15-,16?,17-,18+,19+,20?,21?,22+,23?,24-,25?,26?,27-,28-,29+,31+/m1/s1. The van der Waals surface area contributed by atoms with Crippen LogP contribution >= 0.6 is 0 Å². The lowest BCUT2D eigenvalue weighted by Gasteiger charge is -2.52. The number of ether oxygens (including phenoxy) is 7. The van der Waals surface area contributed by atoms with Gasteiger partial charge in [-0.1, -0.05) is 0 Å². The second-order valence-corrected chi connectivity index (χ2v) is 14.0. The van der Waals surface area contributed by atoms with Gasteiger partial charge in [-0.15, -0.1) is 0 Å². The zero-order chi connectivity index (χ0) is 42.7. The molecule has 26 heteroatoms.